The fourth-order valence-corrected chi connectivity index (χ4v) is 1.43. The first-order valence-electron chi connectivity index (χ1n) is 5.53. The Morgan fingerprint density at radius 2 is 1.88 bits per heavy atom. The Bertz CT molecular complexity index is 341. The van der Waals surface area contributed by atoms with Gasteiger partial charge in [0.25, 0.3) is 0 Å². The van der Waals surface area contributed by atoms with Gasteiger partial charge in [-0.15, -0.1) is 0 Å². The van der Waals surface area contributed by atoms with Crippen molar-refractivity contribution in [1.82, 2.24) is 9.97 Å². The highest BCUT2D eigenvalue weighted by atomic mass is 16.5. The van der Waals surface area contributed by atoms with Gasteiger partial charge in [0.1, 0.15) is 17.5 Å². The van der Waals surface area contributed by atoms with Crippen LogP contribution in [0.25, 0.3) is 0 Å². The van der Waals surface area contributed by atoms with Crippen LogP contribution in [-0.4, -0.2) is 36.8 Å². The second kappa shape index (κ2) is 6.27. The molecule has 0 unspecified atom stereocenters. The number of aromatic nitrogens is 2. The summed E-state index contributed by atoms with van der Waals surface area (Å²) in [6.07, 6.45) is 0. The Morgan fingerprint density at radius 3 is 2.50 bits per heavy atom. The number of rotatable bonds is 6. The summed E-state index contributed by atoms with van der Waals surface area (Å²) in [6, 6.07) is 0. The van der Waals surface area contributed by atoms with Gasteiger partial charge in [0.15, 0.2) is 0 Å². The molecule has 0 aliphatic heterocycles. The minimum atomic E-state index is 0.688. The summed E-state index contributed by atoms with van der Waals surface area (Å²) < 4.78 is 5.26. The molecule has 16 heavy (non-hydrogen) atoms. The summed E-state index contributed by atoms with van der Waals surface area (Å²) in [4.78, 5) is 8.66. The van der Waals surface area contributed by atoms with E-state index in [2.05, 4.69) is 20.6 Å². The molecule has 0 fully saturated rings. The third-order valence-corrected chi connectivity index (χ3v) is 2.24. The zero-order valence-corrected chi connectivity index (χ0v) is 10.4. The van der Waals surface area contributed by atoms with Gasteiger partial charge in [-0.3, -0.25) is 0 Å². The average Bonchev–Trinajstić information content (AvgIpc) is 2.28. The number of nitrogens with zero attached hydrogens (tertiary/aromatic N) is 2. The summed E-state index contributed by atoms with van der Waals surface area (Å²) in [5, 5.41) is 6.30. The van der Waals surface area contributed by atoms with Crippen LogP contribution in [0.4, 0.5) is 11.6 Å². The molecule has 0 aliphatic carbocycles. The van der Waals surface area contributed by atoms with E-state index >= 15 is 0 Å². The van der Waals surface area contributed by atoms with Gasteiger partial charge in [-0.05, 0) is 20.8 Å². The summed E-state index contributed by atoms with van der Waals surface area (Å²) in [6.45, 7) is 8.05. The van der Waals surface area contributed by atoms with Crippen LogP contribution in [0.5, 0.6) is 0 Å². The predicted molar refractivity (Wildman–Crippen MR) is 66.0 cm³/mol. The molecular weight excluding hydrogens is 204 g/mol. The van der Waals surface area contributed by atoms with Crippen LogP contribution < -0.4 is 10.6 Å². The molecular formula is C11H20N4O. The maximum absolute atomic E-state index is 5.26. The first-order valence-corrected chi connectivity index (χ1v) is 5.53. The predicted octanol–water partition coefficient (Wildman–Crippen LogP) is 1.58. The summed E-state index contributed by atoms with van der Waals surface area (Å²) >= 11 is 0. The normalized spacial score (nSPS) is 10.2. The third kappa shape index (κ3) is 3.34. The van der Waals surface area contributed by atoms with Gasteiger partial charge in [0, 0.05) is 25.8 Å². The van der Waals surface area contributed by atoms with Gasteiger partial charge in [0.05, 0.1) is 6.61 Å². The molecule has 0 radical (unpaired) electrons. The molecule has 90 valence electrons. The molecule has 0 atom stereocenters. The number of nitrogens with one attached hydrogen (secondary N) is 2. The highest BCUT2D eigenvalue weighted by Gasteiger charge is 2.06. The van der Waals surface area contributed by atoms with E-state index in [0.717, 1.165) is 36.2 Å². The Morgan fingerprint density at radius 1 is 1.19 bits per heavy atom. The van der Waals surface area contributed by atoms with Gasteiger partial charge in [0.2, 0.25) is 0 Å². The van der Waals surface area contributed by atoms with Crippen LogP contribution >= 0.6 is 0 Å². The zero-order chi connectivity index (χ0) is 12.0. The Kier molecular flexibility index (Phi) is 4.98. The lowest BCUT2D eigenvalue weighted by atomic mass is 10.3. The quantitative estimate of drug-likeness (QED) is 0.718. The van der Waals surface area contributed by atoms with Crippen LogP contribution in [0.3, 0.4) is 0 Å². The molecule has 0 saturated heterocycles. The van der Waals surface area contributed by atoms with Crippen LogP contribution in [0.15, 0.2) is 0 Å². The van der Waals surface area contributed by atoms with Crippen molar-refractivity contribution in [2.24, 2.45) is 0 Å². The highest BCUT2D eigenvalue weighted by Crippen LogP contribution is 2.18. The highest BCUT2D eigenvalue weighted by molar-refractivity contribution is 5.56. The van der Waals surface area contributed by atoms with E-state index in [4.69, 9.17) is 4.74 Å². The standard InChI is InChI=1S/C11H20N4O/c1-5-16-7-6-13-11-8(2)10(12-4)14-9(3)15-11/h5-7H2,1-4H3,(H2,12,13,14,15). The lowest BCUT2D eigenvalue weighted by Gasteiger charge is -2.12. The first-order chi connectivity index (χ1) is 7.69. The maximum Gasteiger partial charge on any atom is 0.134 e. The lowest BCUT2D eigenvalue weighted by molar-refractivity contribution is 0.158. The van der Waals surface area contributed by atoms with Crippen LogP contribution in [0, 0.1) is 13.8 Å². The van der Waals surface area contributed by atoms with Crippen LogP contribution in [0.2, 0.25) is 0 Å². The molecule has 0 saturated carbocycles. The minimum Gasteiger partial charge on any atom is -0.380 e. The SMILES string of the molecule is CCOCCNc1nc(C)nc(NC)c1C. The first kappa shape index (κ1) is 12.7. The van der Waals surface area contributed by atoms with Crippen molar-refractivity contribution < 1.29 is 4.74 Å². The zero-order valence-electron chi connectivity index (χ0n) is 10.4. The topological polar surface area (TPSA) is 59.1 Å². The molecule has 0 aromatic carbocycles. The van der Waals surface area contributed by atoms with Crippen molar-refractivity contribution >= 4 is 11.6 Å². The molecule has 1 aromatic heterocycles. The van der Waals surface area contributed by atoms with Crippen molar-refractivity contribution in [2.75, 3.05) is 37.4 Å². The molecule has 0 amide bonds. The number of hydrogen-bond donors (Lipinski definition) is 2. The number of aryl methyl sites for hydroxylation is 1. The second-order valence-electron chi connectivity index (χ2n) is 3.47. The molecule has 0 bridgehead atoms. The van der Waals surface area contributed by atoms with Crippen molar-refractivity contribution in [2.45, 2.75) is 20.8 Å². The van der Waals surface area contributed by atoms with E-state index in [1.807, 2.05) is 27.8 Å². The molecule has 1 heterocycles. The average molecular weight is 224 g/mol. The molecule has 0 spiro atoms. The van der Waals surface area contributed by atoms with Gasteiger partial charge in [-0.25, -0.2) is 9.97 Å². The monoisotopic (exact) mass is 224 g/mol. The Hall–Kier alpha value is -1.36. The smallest absolute Gasteiger partial charge is 0.134 e. The Labute approximate surface area is 96.6 Å². The molecule has 2 N–H and O–H groups in total. The Balaban J connectivity index is 2.67. The number of anilines is 2. The van der Waals surface area contributed by atoms with Gasteiger partial charge in [-0.1, -0.05) is 0 Å². The van der Waals surface area contributed by atoms with E-state index in [1.165, 1.54) is 0 Å². The molecule has 1 rings (SSSR count). The van der Waals surface area contributed by atoms with E-state index in [1.54, 1.807) is 0 Å². The third-order valence-electron chi connectivity index (χ3n) is 2.24. The van der Waals surface area contributed by atoms with Crippen molar-refractivity contribution in [1.29, 1.82) is 0 Å². The van der Waals surface area contributed by atoms with E-state index < -0.39 is 0 Å². The van der Waals surface area contributed by atoms with Crippen molar-refractivity contribution in [3.63, 3.8) is 0 Å². The fourth-order valence-electron chi connectivity index (χ4n) is 1.43. The molecule has 5 nitrogen and oxygen atoms in total. The van der Waals surface area contributed by atoms with Crippen LogP contribution in [0.1, 0.15) is 18.3 Å². The molecule has 1 aromatic rings. The van der Waals surface area contributed by atoms with Crippen molar-refractivity contribution in [3.05, 3.63) is 11.4 Å². The number of ether oxygens (including phenoxy) is 1. The summed E-state index contributed by atoms with van der Waals surface area (Å²) in [5.41, 5.74) is 1.03. The van der Waals surface area contributed by atoms with Gasteiger partial charge in [-0.2, -0.15) is 0 Å². The second-order valence-corrected chi connectivity index (χ2v) is 3.47. The van der Waals surface area contributed by atoms with Crippen molar-refractivity contribution in [3.8, 4) is 0 Å². The van der Waals surface area contributed by atoms with E-state index in [-0.39, 0.29) is 0 Å². The summed E-state index contributed by atoms with van der Waals surface area (Å²) in [7, 11) is 1.86. The maximum atomic E-state index is 5.26. The van der Waals surface area contributed by atoms with Gasteiger partial charge < -0.3 is 15.4 Å². The largest absolute Gasteiger partial charge is 0.380 e. The lowest BCUT2D eigenvalue weighted by Crippen LogP contribution is -2.13. The van der Waals surface area contributed by atoms with E-state index in [0.29, 0.717) is 6.61 Å². The number of hydrogen-bond acceptors (Lipinski definition) is 5. The summed E-state index contributed by atoms with van der Waals surface area (Å²) in [5.74, 6) is 2.50. The van der Waals surface area contributed by atoms with Crippen LogP contribution in [-0.2, 0) is 4.74 Å². The molecule has 0 aliphatic rings. The van der Waals surface area contributed by atoms with Gasteiger partial charge >= 0.3 is 0 Å². The molecule has 5 heteroatoms. The minimum absolute atomic E-state index is 0.688. The van der Waals surface area contributed by atoms with E-state index in [9.17, 15) is 0 Å². The fraction of sp³-hybridized carbons (Fsp3) is 0.636.